The highest BCUT2D eigenvalue weighted by molar-refractivity contribution is 6.30. The van der Waals surface area contributed by atoms with Crippen LogP contribution in [0.2, 0.25) is 0 Å². The van der Waals surface area contributed by atoms with Gasteiger partial charge in [-0.3, -0.25) is 0 Å². The van der Waals surface area contributed by atoms with Gasteiger partial charge in [-0.25, -0.2) is 0 Å². The third-order valence-corrected chi connectivity index (χ3v) is 9.14. The molecule has 7 aromatic carbocycles. The predicted molar refractivity (Wildman–Crippen MR) is 175 cm³/mol. The Morgan fingerprint density at radius 1 is 0.381 bits per heavy atom. The van der Waals surface area contributed by atoms with E-state index < -0.39 is 0 Å². The maximum absolute atomic E-state index is 6.18. The van der Waals surface area contributed by atoms with E-state index in [9.17, 15) is 0 Å². The van der Waals surface area contributed by atoms with Crippen LogP contribution in [0.4, 0.5) is 0 Å². The van der Waals surface area contributed by atoms with E-state index in [1.807, 2.05) is 12.1 Å². The van der Waals surface area contributed by atoms with Crippen molar-refractivity contribution in [1.82, 2.24) is 4.57 Å². The summed E-state index contributed by atoms with van der Waals surface area (Å²) in [7, 11) is 0. The average Bonchev–Trinajstić information content (AvgIpc) is 3.57. The number of aromatic nitrogens is 1. The van der Waals surface area contributed by atoms with Crippen LogP contribution >= 0.6 is 0 Å². The molecule has 0 spiro atoms. The quantitative estimate of drug-likeness (QED) is 0.216. The molecule has 0 saturated heterocycles. The Morgan fingerprint density at radius 3 is 1.88 bits per heavy atom. The van der Waals surface area contributed by atoms with Gasteiger partial charge in [0.25, 0.3) is 0 Å². The predicted octanol–water partition coefficient (Wildman–Crippen LogP) is 11.2. The fourth-order valence-corrected chi connectivity index (χ4v) is 7.41. The lowest BCUT2D eigenvalue weighted by atomic mass is 9.93. The van der Waals surface area contributed by atoms with Crippen LogP contribution in [0.3, 0.4) is 0 Å². The zero-order valence-electron chi connectivity index (χ0n) is 22.6. The van der Waals surface area contributed by atoms with Crippen LogP contribution in [-0.4, -0.2) is 4.57 Å². The molecule has 2 nitrogen and oxygen atoms in total. The standard InChI is InChI=1S/C40H23NO/c1-2-10-29-28(9-1)30-13-5-8-25-20-23-34-40(37(25)30)39-31(29)14-6-15-33(39)41(34)26-21-18-24(19-22-26)27-12-7-17-36-38(27)32-11-3-4-16-35(32)42-36/h1-23H. The number of fused-ring (bicyclic) bond motifs is 6. The maximum atomic E-state index is 6.18. The van der Waals surface area contributed by atoms with Gasteiger partial charge in [0.2, 0.25) is 0 Å². The maximum Gasteiger partial charge on any atom is 0.136 e. The summed E-state index contributed by atoms with van der Waals surface area (Å²) in [5.41, 5.74) is 13.0. The zero-order chi connectivity index (χ0) is 27.4. The molecule has 0 aliphatic heterocycles. The number of hydrogen-bond donors (Lipinski definition) is 0. The first kappa shape index (κ1) is 22.1. The van der Waals surface area contributed by atoms with E-state index in [0.29, 0.717) is 0 Å². The molecular weight excluding hydrogens is 510 g/mol. The molecule has 0 N–H and O–H groups in total. The second-order valence-corrected chi connectivity index (χ2v) is 11.3. The van der Waals surface area contributed by atoms with Gasteiger partial charge in [0.05, 0.1) is 11.0 Å². The van der Waals surface area contributed by atoms with E-state index in [1.165, 1.54) is 71.3 Å². The third-order valence-electron chi connectivity index (χ3n) is 9.14. The fraction of sp³-hybridized carbons (Fsp3) is 0. The van der Waals surface area contributed by atoms with Crippen molar-refractivity contribution in [2.24, 2.45) is 0 Å². The molecule has 2 heteroatoms. The Bertz CT molecular complexity index is 2560. The molecule has 0 saturated carbocycles. The van der Waals surface area contributed by atoms with Crippen molar-refractivity contribution in [3.8, 4) is 39.1 Å². The third kappa shape index (κ3) is 2.78. The van der Waals surface area contributed by atoms with Gasteiger partial charge in [-0.05, 0) is 80.6 Å². The molecule has 1 aliphatic rings. The minimum Gasteiger partial charge on any atom is -0.456 e. The van der Waals surface area contributed by atoms with E-state index in [0.717, 1.165) is 22.2 Å². The summed E-state index contributed by atoms with van der Waals surface area (Å²) in [6.07, 6.45) is 0. The smallest absolute Gasteiger partial charge is 0.136 e. The Kier molecular flexibility index (Phi) is 4.21. The van der Waals surface area contributed by atoms with E-state index in [-0.39, 0.29) is 0 Å². The molecule has 1 aliphatic carbocycles. The first-order valence-electron chi connectivity index (χ1n) is 14.4. The van der Waals surface area contributed by atoms with Gasteiger partial charge in [0.15, 0.2) is 0 Å². The minimum absolute atomic E-state index is 0.921. The van der Waals surface area contributed by atoms with Crippen molar-refractivity contribution in [1.29, 1.82) is 0 Å². The SMILES string of the molecule is c1ccc2c(c1)-c1cccc3ccc4c(c13)c1c-2cccc1n4-c1ccc(-c2cccc3oc4ccccc4c23)cc1. The molecule has 42 heavy (non-hydrogen) atoms. The molecule has 0 amide bonds. The fourth-order valence-electron chi connectivity index (χ4n) is 7.41. The van der Waals surface area contributed by atoms with E-state index in [1.54, 1.807) is 0 Å². The topological polar surface area (TPSA) is 18.1 Å². The van der Waals surface area contributed by atoms with Gasteiger partial charge < -0.3 is 8.98 Å². The summed E-state index contributed by atoms with van der Waals surface area (Å²) in [5.74, 6) is 0. The van der Waals surface area contributed by atoms with Crippen LogP contribution in [0.25, 0.3) is 93.6 Å². The van der Waals surface area contributed by atoms with E-state index in [2.05, 4.69) is 132 Å². The van der Waals surface area contributed by atoms with Crippen LogP contribution < -0.4 is 0 Å². The monoisotopic (exact) mass is 533 g/mol. The lowest BCUT2D eigenvalue weighted by Crippen LogP contribution is -1.95. The van der Waals surface area contributed by atoms with Crippen molar-refractivity contribution in [2.75, 3.05) is 0 Å². The minimum atomic E-state index is 0.921. The summed E-state index contributed by atoms with van der Waals surface area (Å²) in [4.78, 5) is 0. The Hall–Kier alpha value is -5.60. The molecule has 9 aromatic rings. The number of rotatable bonds is 2. The van der Waals surface area contributed by atoms with Gasteiger partial charge in [-0.15, -0.1) is 0 Å². The van der Waals surface area contributed by atoms with Crippen LogP contribution in [-0.2, 0) is 0 Å². The lowest BCUT2D eigenvalue weighted by molar-refractivity contribution is 0.669. The van der Waals surface area contributed by atoms with Gasteiger partial charge in [-0.2, -0.15) is 0 Å². The van der Waals surface area contributed by atoms with Crippen LogP contribution in [0.5, 0.6) is 0 Å². The van der Waals surface area contributed by atoms with Gasteiger partial charge in [-0.1, -0.05) is 103 Å². The molecular formula is C40H23NO. The Morgan fingerprint density at radius 2 is 1.02 bits per heavy atom. The molecule has 0 unspecified atom stereocenters. The van der Waals surface area contributed by atoms with Gasteiger partial charge >= 0.3 is 0 Å². The molecule has 0 radical (unpaired) electrons. The van der Waals surface area contributed by atoms with Crippen molar-refractivity contribution >= 4 is 54.5 Å². The normalized spacial score (nSPS) is 12.3. The van der Waals surface area contributed by atoms with Gasteiger partial charge in [0, 0.05) is 27.2 Å². The zero-order valence-corrected chi connectivity index (χ0v) is 22.6. The number of furan rings is 1. The van der Waals surface area contributed by atoms with Crippen LogP contribution in [0, 0.1) is 0 Å². The molecule has 0 bridgehead atoms. The number of nitrogens with zero attached hydrogens (tertiary/aromatic N) is 1. The van der Waals surface area contributed by atoms with Gasteiger partial charge in [0.1, 0.15) is 11.2 Å². The largest absolute Gasteiger partial charge is 0.456 e. The highest BCUT2D eigenvalue weighted by Crippen LogP contribution is 2.49. The Balaban J connectivity index is 1.25. The average molecular weight is 534 g/mol. The summed E-state index contributed by atoms with van der Waals surface area (Å²) in [5, 5.41) is 7.60. The lowest BCUT2D eigenvalue weighted by Gasteiger charge is -2.14. The molecule has 0 fully saturated rings. The molecule has 0 atom stereocenters. The number of para-hydroxylation sites is 1. The molecule has 10 rings (SSSR count). The van der Waals surface area contributed by atoms with Crippen molar-refractivity contribution in [2.45, 2.75) is 0 Å². The molecule has 2 heterocycles. The summed E-state index contributed by atoms with van der Waals surface area (Å²) in [6.45, 7) is 0. The number of benzene rings is 7. The highest BCUT2D eigenvalue weighted by atomic mass is 16.3. The van der Waals surface area contributed by atoms with Crippen LogP contribution in [0.1, 0.15) is 0 Å². The molecule has 2 aromatic heterocycles. The summed E-state index contributed by atoms with van der Waals surface area (Å²) >= 11 is 0. The first-order valence-corrected chi connectivity index (χ1v) is 14.4. The van der Waals surface area contributed by atoms with Crippen molar-refractivity contribution < 1.29 is 4.42 Å². The number of hydrogen-bond acceptors (Lipinski definition) is 1. The second kappa shape index (κ2) is 7.99. The Labute approximate surface area is 241 Å². The van der Waals surface area contributed by atoms with Crippen molar-refractivity contribution in [3.05, 3.63) is 140 Å². The summed E-state index contributed by atoms with van der Waals surface area (Å²) < 4.78 is 8.62. The van der Waals surface area contributed by atoms with E-state index >= 15 is 0 Å². The van der Waals surface area contributed by atoms with Crippen LogP contribution in [0.15, 0.2) is 144 Å². The molecule has 194 valence electrons. The first-order chi connectivity index (χ1) is 20.8. The summed E-state index contributed by atoms with van der Waals surface area (Å²) in [6, 6.07) is 50.6. The van der Waals surface area contributed by atoms with Crippen molar-refractivity contribution in [3.63, 3.8) is 0 Å². The van der Waals surface area contributed by atoms with E-state index in [4.69, 9.17) is 4.42 Å². The highest BCUT2D eigenvalue weighted by Gasteiger charge is 2.24. The second-order valence-electron chi connectivity index (χ2n) is 11.3.